The van der Waals surface area contributed by atoms with Crippen LogP contribution in [-0.2, 0) is 11.2 Å². The number of carbonyl (C=O) groups excluding carboxylic acids is 1. The van der Waals surface area contributed by atoms with Crippen LogP contribution in [0.15, 0.2) is 42.6 Å². The van der Waals surface area contributed by atoms with E-state index in [1.807, 2.05) is 50.2 Å². The molecule has 0 saturated carbocycles. The summed E-state index contributed by atoms with van der Waals surface area (Å²) in [7, 11) is 0. The zero-order valence-corrected chi connectivity index (χ0v) is 10.6. The van der Waals surface area contributed by atoms with Crippen LogP contribution >= 0.6 is 0 Å². The summed E-state index contributed by atoms with van der Waals surface area (Å²) in [5.41, 5.74) is 3.28. The SMILES string of the molecule is Cc1ccc(CC(=O)Nc2cc(C)ccn2)cc1. The third-order valence-electron chi connectivity index (χ3n) is 2.67. The number of aromatic nitrogens is 1. The Kier molecular flexibility index (Phi) is 3.72. The Bertz CT molecular complexity index is 547. The zero-order chi connectivity index (χ0) is 13.0. The van der Waals surface area contributed by atoms with Crippen molar-refractivity contribution in [2.24, 2.45) is 0 Å². The van der Waals surface area contributed by atoms with Gasteiger partial charge in [-0.3, -0.25) is 4.79 Å². The molecule has 1 aromatic carbocycles. The second-order valence-electron chi connectivity index (χ2n) is 4.43. The molecule has 1 heterocycles. The fraction of sp³-hybridized carbons (Fsp3) is 0.200. The quantitative estimate of drug-likeness (QED) is 0.896. The Morgan fingerprint density at radius 1 is 1.11 bits per heavy atom. The maximum atomic E-state index is 11.8. The highest BCUT2D eigenvalue weighted by atomic mass is 16.1. The van der Waals surface area contributed by atoms with Crippen molar-refractivity contribution < 1.29 is 4.79 Å². The lowest BCUT2D eigenvalue weighted by Crippen LogP contribution is -2.15. The molecule has 1 amide bonds. The predicted octanol–water partition coefficient (Wildman–Crippen LogP) is 2.88. The number of carbonyl (C=O) groups is 1. The lowest BCUT2D eigenvalue weighted by molar-refractivity contribution is -0.115. The highest BCUT2D eigenvalue weighted by Gasteiger charge is 2.04. The van der Waals surface area contributed by atoms with Gasteiger partial charge in [-0.15, -0.1) is 0 Å². The number of aryl methyl sites for hydroxylation is 2. The molecule has 0 bridgehead atoms. The van der Waals surface area contributed by atoms with Gasteiger partial charge in [0, 0.05) is 6.20 Å². The number of rotatable bonds is 3. The molecular formula is C15H16N2O. The van der Waals surface area contributed by atoms with E-state index in [9.17, 15) is 4.79 Å². The summed E-state index contributed by atoms with van der Waals surface area (Å²) in [5, 5.41) is 2.80. The molecule has 18 heavy (non-hydrogen) atoms. The Morgan fingerprint density at radius 2 is 1.83 bits per heavy atom. The molecule has 2 rings (SSSR count). The van der Waals surface area contributed by atoms with Crippen LogP contribution in [0.4, 0.5) is 5.82 Å². The van der Waals surface area contributed by atoms with Crippen LogP contribution in [0.25, 0.3) is 0 Å². The maximum Gasteiger partial charge on any atom is 0.229 e. The van der Waals surface area contributed by atoms with E-state index in [4.69, 9.17) is 0 Å². The summed E-state index contributed by atoms with van der Waals surface area (Å²) in [6.07, 6.45) is 2.06. The highest BCUT2D eigenvalue weighted by Crippen LogP contribution is 2.08. The van der Waals surface area contributed by atoms with E-state index < -0.39 is 0 Å². The molecule has 0 aliphatic rings. The normalized spacial score (nSPS) is 10.1. The second kappa shape index (κ2) is 5.45. The number of nitrogens with one attached hydrogen (secondary N) is 1. The smallest absolute Gasteiger partial charge is 0.229 e. The highest BCUT2D eigenvalue weighted by molar-refractivity contribution is 5.91. The molecule has 0 aliphatic heterocycles. The minimum absolute atomic E-state index is 0.0445. The minimum atomic E-state index is -0.0445. The first-order chi connectivity index (χ1) is 8.63. The van der Waals surface area contributed by atoms with Crippen molar-refractivity contribution in [3.8, 4) is 0 Å². The topological polar surface area (TPSA) is 42.0 Å². The average Bonchev–Trinajstić information content (AvgIpc) is 2.32. The van der Waals surface area contributed by atoms with Gasteiger partial charge in [0.15, 0.2) is 0 Å². The fourth-order valence-electron chi connectivity index (χ4n) is 1.68. The molecule has 1 N–H and O–H groups in total. The number of amides is 1. The fourth-order valence-corrected chi connectivity index (χ4v) is 1.68. The zero-order valence-electron chi connectivity index (χ0n) is 10.6. The molecule has 92 valence electrons. The Labute approximate surface area is 107 Å². The predicted molar refractivity (Wildman–Crippen MR) is 72.5 cm³/mol. The lowest BCUT2D eigenvalue weighted by Gasteiger charge is -2.05. The third kappa shape index (κ3) is 3.42. The average molecular weight is 240 g/mol. The van der Waals surface area contributed by atoms with Crippen molar-refractivity contribution in [2.45, 2.75) is 20.3 Å². The van der Waals surface area contributed by atoms with E-state index in [-0.39, 0.29) is 5.91 Å². The van der Waals surface area contributed by atoms with Crippen LogP contribution in [0.5, 0.6) is 0 Å². The van der Waals surface area contributed by atoms with Crippen LogP contribution in [-0.4, -0.2) is 10.9 Å². The number of hydrogen-bond donors (Lipinski definition) is 1. The number of nitrogens with zero attached hydrogens (tertiary/aromatic N) is 1. The van der Waals surface area contributed by atoms with E-state index in [1.54, 1.807) is 6.20 Å². The largest absolute Gasteiger partial charge is 0.310 e. The summed E-state index contributed by atoms with van der Waals surface area (Å²) < 4.78 is 0. The van der Waals surface area contributed by atoms with Crippen LogP contribution in [0, 0.1) is 13.8 Å². The van der Waals surface area contributed by atoms with E-state index in [0.717, 1.165) is 11.1 Å². The number of anilines is 1. The Balaban J connectivity index is 1.98. The molecule has 2 aromatic rings. The number of hydrogen-bond acceptors (Lipinski definition) is 2. The van der Waals surface area contributed by atoms with Crippen LogP contribution < -0.4 is 5.32 Å². The van der Waals surface area contributed by atoms with Crippen molar-refractivity contribution in [2.75, 3.05) is 5.32 Å². The molecule has 0 unspecified atom stereocenters. The van der Waals surface area contributed by atoms with Gasteiger partial charge in [-0.05, 0) is 37.1 Å². The van der Waals surface area contributed by atoms with Gasteiger partial charge in [0.1, 0.15) is 5.82 Å². The van der Waals surface area contributed by atoms with Gasteiger partial charge in [-0.25, -0.2) is 4.98 Å². The lowest BCUT2D eigenvalue weighted by atomic mass is 10.1. The minimum Gasteiger partial charge on any atom is -0.310 e. The van der Waals surface area contributed by atoms with Crippen molar-refractivity contribution in [3.63, 3.8) is 0 Å². The monoisotopic (exact) mass is 240 g/mol. The van der Waals surface area contributed by atoms with Gasteiger partial charge < -0.3 is 5.32 Å². The summed E-state index contributed by atoms with van der Waals surface area (Å²) in [5.74, 6) is 0.559. The first-order valence-electron chi connectivity index (χ1n) is 5.91. The Hall–Kier alpha value is -2.16. The van der Waals surface area contributed by atoms with Gasteiger partial charge in [-0.2, -0.15) is 0 Å². The van der Waals surface area contributed by atoms with Gasteiger partial charge in [0.2, 0.25) is 5.91 Å². The van der Waals surface area contributed by atoms with E-state index in [0.29, 0.717) is 12.2 Å². The number of benzene rings is 1. The van der Waals surface area contributed by atoms with Crippen molar-refractivity contribution in [3.05, 3.63) is 59.3 Å². The molecule has 0 fully saturated rings. The van der Waals surface area contributed by atoms with Crippen LogP contribution in [0.1, 0.15) is 16.7 Å². The van der Waals surface area contributed by atoms with Crippen molar-refractivity contribution >= 4 is 11.7 Å². The van der Waals surface area contributed by atoms with E-state index in [2.05, 4.69) is 10.3 Å². The summed E-state index contributed by atoms with van der Waals surface area (Å²) >= 11 is 0. The molecule has 0 saturated heterocycles. The summed E-state index contributed by atoms with van der Waals surface area (Å²) in [6.45, 7) is 4.00. The molecule has 3 heteroatoms. The second-order valence-corrected chi connectivity index (χ2v) is 4.43. The van der Waals surface area contributed by atoms with Crippen LogP contribution in [0.2, 0.25) is 0 Å². The van der Waals surface area contributed by atoms with Crippen molar-refractivity contribution in [1.82, 2.24) is 4.98 Å². The van der Waals surface area contributed by atoms with Gasteiger partial charge in [0.25, 0.3) is 0 Å². The molecular weight excluding hydrogens is 224 g/mol. The molecule has 0 radical (unpaired) electrons. The van der Waals surface area contributed by atoms with Gasteiger partial charge >= 0.3 is 0 Å². The van der Waals surface area contributed by atoms with E-state index in [1.165, 1.54) is 5.56 Å². The van der Waals surface area contributed by atoms with Crippen LogP contribution in [0.3, 0.4) is 0 Å². The molecule has 3 nitrogen and oxygen atoms in total. The first kappa shape index (κ1) is 12.3. The standard InChI is InChI=1S/C15H16N2O/c1-11-3-5-13(6-4-11)10-15(18)17-14-9-12(2)7-8-16-14/h3-9H,10H2,1-2H3,(H,16,17,18). The van der Waals surface area contributed by atoms with Crippen molar-refractivity contribution in [1.29, 1.82) is 0 Å². The summed E-state index contributed by atoms with van der Waals surface area (Å²) in [4.78, 5) is 15.9. The first-order valence-corrected chi connectivity index (χ1v) is 5.91. The third-order valence-corrected chi connectivity index (χ3v) is 2.67. The Morgan fingerprint density at radius 3 is 2.50 bits per heavy atom. The van der Waals surface area contributed by atoms with Gasteiger partial charge in [-0.1, -0.05) is 29.8 Å². The summed E-state index contributed by atoms with van der Waals surface area (Å²) in [6, 6.07) is 11.7. The molecule has 0 atom stereocenters. The molecule has 0 aliphatic carbocycles. The van der Waals surface area contributed by atoms with Gasteiger partial charge in [0.05, 0.1) is 6.42 Å². The number of pyridine rings is 1. The molecule has 1 aromatic heterocycles. The molecule has 0 spiro atoms. The maximum absolute atomic E-state index is 11.8. The van der Waals surface area contributed by atoms with E-state index >= 15 is 0 Å².